The van der Waals surface area contributed by atoms with Crippen molar-refractivity contribution in [2.75, 3.05) is 0 Å². The van der Waals surface area contributed by atoms with Gasteiger partial charge in [0, 0.05) is 83.0 Å². The monoisotopic (exact) mass is 798 g/mol. The molecular formula is C53H34N8O. The maximum Gasteiger partial charge on any atom is 0.193 e. The Morgan fingerprint density at radius 2 is 0.516 bits per heavy atom. The number of rotatable bonds is 10. The third-order valence-corrected chi connectivity index (χ3v) is 10.6. The summed E-state index contributed by atoms with van der Waals surface area (Å²) < 4.78 is 0. The summed E-state index contributed by atoms with van der Waals surface area (Å²) >= 11 is 0. The SMILES string of the molecule is O=C(c1cc(-c2cccc(-c3cnccn3)c2)cc(-c2cccc(-c3cnccn3)c2)c1)c1cc(-c2cccc(-c3cnccn3)c2)cc(-c2cccc(-c3cnccn3)c2)c1. The van der Waals surface area contributed by atoms with Gasteiger partial charge >= 0.3 is 0 Å². The summed E-state index contributed by atoms with van der Waals surface area (Å²) in [6.07, 6.45) is 20.4. The van der Waals surface area contributed by atoms with Crippen molar-refractivity contribution in [2.45, 2.75) is 0 Å². The summed E-state index contributed by atoms with van der Waals surface area (Å²) in [7, 11) is 0. The smallest absolute Gasteiger partial charge is 0.193 e. The molecule has 9 nitrogen and oxygen atoms in total. The molecule has 0 saturated carbocycles. The number of hydrogen-bond acceptors (Lipinski definition) is 9. The third-order valence-electron chi connectivity index (χ3n) is 10.6. The zero-order valence-corrected chi connectivity index (χ0v) is 33.1. The van der Waals surface area contributed by atoms with E-state index in [4.69, 9.17) is 0 Å². The molecule has 0 aliphatic rings. The van der Waals surface area contributed by atoms with Gasteiger partial charge in [0.25, 0.3) is 0 Å². The highest BCUT2D eigenvalue weighted by Gasteiger charge is 2.18. The standard InChI is InChI=1S/C53H34N8O/c62-53(47-27-43(35-5-1-9-39(21-35)49-31-54-13-17-58-49)25-44(28-47)36-6-2-10-40(22-36)50-32-55-14-18-59-50)48-29-45(37-7-3-11-41(23-37)51-33-56-15-19-60-51)26-46(30-48)38-8-4-12-42(24-38)52-34-57-16-20-61-52/h1-34H. The Morgan fingerprint density at radius 3 is 0.758 bits per heavy atom. The molecular weight excluding hydrogens is 765 g/mol. The molecule has 9 heteroatoms. The van der Waals surface area contributed by atoms with Crippen LogP contribution in [0.25, 0.3) is 89.5 Å². The fourth-order valence-corrected chi connectivity index (χ4v) is 7.58. The lowest BCUT2D eigenvalue weighted by Gasteiger charge is -2.14. The predicted molar refractivity (Wildman–Crippen MR) is 242 cm³/mol. The maximum atomic E-state index is 15.3. The van der Waals surface area contributed by atoms with Crippen molar-refractivity contribution in [2.24, 2.45) is 0 Å². The first-order valence-corrected chi connectivity index (χ1v) is 19.9. The first-order chi connectivity index (χ1) is 30.6. The van der Waals surface area contributed by atoms with Crippen LogP contribution < -0.4 is 0 Å². The van der Waals surface area contributed by atoms with Crippen LogP contribution in [0.4, 0.5) is 0 Å². The van der Waals surface area contributed by atoms with Gasteiger partial charge < -0.3 is 0 Å². The van der Waals surface area contributed by atoms with Gasteiger partial charge in [-0.05, 0) is 105 Å². The van der Waals surface area contributed by atoms with Gasteiger partial charge in [-0.1, -0.05) is 72.8 Å². The van der Waals surface area contributed by atoms with Crippen molar-refractivity contribution in [3.8, 4) is 89.5 Å². The fraction of sp³-hybridized carbons (Fsp3) is 0. The molecule has 0 bridgehead atoms. The molecule has 0 aliphatic heterocycles. The highest BCUT2D eigenvalue weighted by atomic mass is 16.1. The van der Waals surface area contributed by atoms with Crippen LogP contribution in [0.5, 0.6) is 0 Å². The minimum atomic E-state index is -0.124. The lowest BCUT2D eigenvalue weighted by atomic mass is 9.89. The van der Waals surface area contributed by atoms with Gasteiger partial charge in [0.2, 0.25) is 0 Å². The van der Waals surface area contributed by atoms with E-state index in [1.54, 1.807) is 74.4 Å². The van der Waals surface area contributed by atoms with Crippen molar-refractivity contribution < 1.29 is 4.79 Å². The Hall–Kier alpha value is -8.69. The number of aromatic nitrogens is 8. The van der Waals surface area contributed by atoms with Crippen molar-refractivity contribution in [3.63, 3.8) is 0 Å². The van der Waals surface area contributed by atoms with Crippen LogP contribution in [-0.2, 0) is 0 Å². The molecule has 10 aromatic rings. The van der Waals surface area contributed by atoms with Crippen LogP contribution in [0.3, 0.4) is 0 Å². The largest absolute Gasteiger partial charge is 0.289 e. The average molecular weight is 799 g/mol. The molecule has 4 aromatic heterocycles. The first kappa shape index (κ1) is 37.6. The average Bonchev–Trinajstić information content (AvgIpc) is 3.37. The third kappa shape index (κ3) is 8.01. The van der Waals surface area contributed by atoms with Crippen LogP contribution >= 0.6 is 0 Å². The van der Waals surface area contributed by atoms with Gasteiger partial charge in [-0.3, -0.25) is 44.7 Å². The van der Waals surface area contributed by atoms with Gasteiger partial charge in [0.05, 0.1) is 47.6 Å². The van der Waals surface area contributed by atoms with E-state index < -0.39 is 0 Å². The van der Waals surface area contributed by atoms with Crippen LogP contribution in [0.15, 0.2) is 208 Å². The van der Waals surface area contributed by atoms with Crippen molar-refractivity contribution in [1.29, 1.82) is 0 Å². The summed E-state index contributed by atoms with van der Waals surface area (Å²) in [5.41, 5.74) is 15.1. The maximum absolute atomic E-state index is 15.3. The molecule has 0 saturated heterocycles. The minimum absolute atomic E-state index is 0.124. The Labute approximate surface area is 357 Å². The lowest BCUT2D eigenvalue weighted by molar-refractivity contribution is 0.103. The summed E-state index contributed by atoms with van der Waals surface area (Å²) in [5, 5.41) is 0. The van der Waals surface area contributed by atoms with Crippen LogP contribution in [-0.4, -0.2) is 45.7 Å². The van der Waals surface area contributed by atoms with Crippen LogP contribution in [0.2, 0.25) is 0 Å². The molecule has 292 valence electrons. The van der Waals surface area contributed by atoms with Crippen molar-refractivity contribution in [3.05, 3.63) is 219 Å². The molecule has 10 rings (SSSR count). The number of carbonyl (C=O) groups is 1. The van der Waals surface area contributed by atoms with E-state index in [0.717, 1.165) is 89.5 Å². The highest BCUT2D eigenvalue weighted by Crippen LogP contribution is 2.36. The zero-order chi connectivity index (χ0) is 41.7. The zero-order valence-electron chi connectivity index (χ0n) is 33.1. The molecule has 0 fully saturated rings. The first-order valence-electron chi connectivity index (χ1n) is 19.9. The van der Waals surface area contributed by atoms with Gasteiger partial charge in [-0.15, -0.1) is 0 Å². The Bertz CT molecular complexity index is 2780. The Balaban J connectivity index is 1.13. The number of ketones is 1. The second kappa shape index (κ2) is 16.9. The van der Waals surface area contributed by atoms with Gasteiger partial charge in [-0.25, -0.2) is 0 Å². The van der Waals surface area contributed by atoms with E-state index in [-0.39, 0.29) is 5.78 Å². The molecule has 0 atom stereocenters. The molecule has 0 unspecified atom stereocenters. The minimum Gasteiger partial charge on any atom is -0.289 e. The number of carbonyl (C=O) groups excluding carboxylic acids is 1. The summed E-state index contributed by atoms with van der Waals surface area (Å²) in [5.74, 6) is -0.124. The Kier molecular flexibility index (Phi) is 10.2. The van der Waals surface area contributed by atoms with Crippen LogP contribution in [0.1, 0.15) is 15.9 Å². The molecule has 6 aromatic carbocycles. The van der Waals surface area contributed by atoms with E-state index in [9.17, 15) is 0 Å². The highest BCUT2D eigenvalue weighted by molar-refractivity contribution is 6.11. The van der Waals surface area contributed by atoms with E-state index in [0.29, 0.717) is 11.1 Å². The topological polar surface area (TPSA) is 120 Å². The van der Waals surface area contributed by atoms with E-state index >= 15 is 4.79 Å². The molecule has 0 spiro atoms. The van der Waals surface area contributed by atoms with E-state index in [1.165, 1.54) is 0 Å². The number of hydrogen-bond donors (Lipinski definition) is 0. The van der Waals surface area contributed by atoms with E-state index in [1.807, 2.05) is 72.8 Å². The summed E-state index contributed by atoms with van der Waals surface area (Å²) in [6, 6.07) is 44.8. The van der Waals surface area contributed by atoms with Crippen molar-refractivity contribution in [1.82, 2.24) is 39.9 Å². The normalized spacial score (nSPS) is 11.0. The molecule has 0 amide bonds. The van der Waals surface area contributed by atoms with Gasteiger partial charge in [0.1, 0.15) is 0 Å². The Morgan fingerprint density at radius 1 is 0.274 bits per heavy atom. The molecule has 62 heavy (non-hydrogen) atoms. The van der Waals surface area contributed by atoms with Crippen molar-refractivity contribution >= 4 is 5.78 Å². The van der Waals surface area contributed by atoms with E-state index in [2.05, 4.69) is 101 Å². The number of nitrogens with zero attached hydrogens (tertiary/aromatic N) is 8. The van der Waals surface area contributed by atoms with Gasteiger partial charge in [-0.2, -0.15) is 0 Å². The summed E-state index contributed by atoms with van der Waals surface area (Å²) in [4.78, 5) is 50.6. The fourth-order valence-electron chi connectivity index (χ4n) is 7.58. The van der Waals surface area contributed by atoms with Gasteiger partial charge in [0.15, 0.2) is 5.78 Å². The quantitative estimate of drug-likeness (QED) is 0.124. The lowest BCUT2D eigenvalue weighted by Crippen LogP contribution is -2.03. The molecule has 4 heterocycles. The summed E-state index contributed by atoms with van der Waals surface area (Å²) in [6.45, 7) is 0. The predicted octanol–water partition coefficient (Wildman–Crippen LogP) is 11.4. The molecule has 0 aliphatic carbocycles. The second-order valence-electron chi connectivity index (χ2n) is 14.6. The molecule has 0 N–H and O–H groups in total. The molecule has 0 radical (unpaired) electrons. The number of benzene rings is 6. The second-order valence-corrected chi connectivity index (χ2v) is 14.6. The van der Waals surface area contributed by atoms with Crippen LogP contribution in [0, 0.1) is 0 Å².